The molecule has 0 amide bonds. The van der Waals surface area contributed by atoms with Crippen LogP contribution in [0.25, 0.3) is 10.2 Å². The molecule has 2 aromatic heterocycles. The average Bonchev–Trinajstić information content (AvgIpc) is 3.00. The van der Waals surface area contributed by atoms with Gasteiger partial charge in [-0.15, -0.1) is 17.8 Å². The van der Waals surface area contributed by atoms with Crippen LogP contribution < -0.4 is 5.56 Å². The van der Waals surface area contributed by atoms with Crippen molar-refractivity contribution in [2.24, 2.45) is 0 Å². The molecule has 0 spiro atoms. The van der Waals surface area contributed by atoms with Crippen LogP contribution in [-0.4, -0.2) is 20.9 Å². The third kappa shape index (κ3) is 3.55. The van der Waals surface area contributed by atoms with E-state index in [9.17, 15) is 4.79 Å². The van der Waals surface area contributed by atoms with E-state index in [1.807, 2.05) is 30.3 Å². The molecule has 0 N–H and O–H groups in total. The number of nitrogens with zero attached hydrogens (tertiary/aromatic N) is 2. The summed E-state index contributed by atoms with van der Waals surface area (Å²) in [5.41, 5.74) is 1.91. The van der Waals surface area contributed by atoms with Gasteiger partial charge in [-0.1, -0.05) is 48.0 Å². The van der Waals surface area contributed by atoms with Gasteiger partial charge in [0.2, 0.25) is 0 Å². The van der Waals surface area contributed by atoms with Crippen molar-refractivity contribution in [2.45, 2.75) is 44.2 Å². The van der Waals surface area contributed by atoms with Crippen molar-refractivity contribution >= 4 is 33.3 Å². The molecule has 3 heterocycles. The molecule has 0 unspecified atom stereocenters. The van der Waals surface area contributed by atoms with Gasteiger partial charge in [-0.05, 0) is 25.0 Å². The van der Waals surface area contributed by atoms with Gasteiger partial charge in [-0.2, -0.15) is 0 Å². The first-order valence-corrected chi connectivity index (χ1v) is 10.6. The number of ether oxygens (including phenoxy) is 1. The van der Waals surface area contributed by atoms with Gasteiger partial charge in [0.25, 0.3) is 5.56 Å². The summed E-state index contributed by atoms with van der Waals surface area (Å²) in [6.45, 7) is 5.15. The highest BCUT2D eigenvalue weighted by Crippen LogP contribution is 2.37. The quantitative estimate of drug-likeness (QED) is 0.379. The molecule has 0 saturated heterocycles. The summed E-state index contributed by atoms with van der Waals surface area (Å²) in [6, 6.07) is 9.97. The molecule has 138 valence electrons. The lowest BCUT2D eigenvalue weighted by molar-refractivity contribution is -0.0379. The van der Waals surface area contributed by atoms with Crippen molar-refractivity contribution in [3.63, 3.8) is 0 Å². The first kappa shape index (κ1) is 18.3. The van der Waals surface area contributed by atoms with Crippen LogP contribution in [0.15, 0.2) is 40.3 Å². The first-order chi connectivity index (χ1) is 13.0. The van der Waals surface area contributed by atoms with E-state index < -0.39 is 0 Å². The van der Waals surface area contributed by atoms with Crippen molar-refractivity contribution in [3.8, 4) is 12.3 Å². The van der Waals surface area contributed by atoms with Crippen LogP contribution in [0.1, 0.15) is 29.9 Å². The number of thioether (sulfide) groups is 1. The molecule has 4 rings (SSSR count). The number of benzene rings is 1. The predicted molar refractivity (Wildman–Crippen MR) is 112 cm³/mol. The smallest absolute Gasteiger partial charge is 0.263 e. The summed E-state index contributed by atoms with van der Waals surface area (Å²) in [6.07, 6.45) is 6.16. The van der Waals surface area contributed by atoms with E-state index in [1.165, 1.54) is 11.8 Å². The monoisotopic (exact) mass is 396 g/mol. The van der Waals surface area contributed by atoms with Crippen LogP contribution in [0, 0.1) is 12.3 Å². The lowest BCUT2D eigenvalue weighted by Gasteiger charge is -2.29. The zero-order valence-corrected chi connectivity index (χ0v) is 17.0. The van der Waals surface area contributed by atoms with Crippen LogP contribution in [-0.2, 0) is 24.3 Å². The van der Waals surface area contributed by atoms with Crippen molar-refractivity contribution in [1.82, 2.24) is 9.55 Å². The maximum Gasteiger partial charge on any atom is 0.263 e. The largest absolute Gasteiger partial charge is 0.370 e. The van der Waals surface area contributed by atoms with Gasteiger partial charge in [-0.3, -0.25) is 9.36 Å². The zero-order chi connectivity index (χ0) is 19.0. The highest BCUT2D eigenvalue weighted by Gasteiger charge is 2.31. The van der Waals surface area contributed by atoms with E-state index in [-0.39, 0.29) is 11.2 Å². The molecule has 27 heavy (non-hydrogen) atoms. The number of thiophene rings is 1. The minimum Gasteiger partial charge on any atom is -0.370 e. The number of terminal acetylenes is 1. The summed E-state index contributed by atoms with van der Waals surface area (Å²) in [5.74, 6) is 3.11. The molecule has 0 saturated carbocycles. The summed E-state index contributed by atoms with van der Waals surface area (Å²) in [5, 5.41) is 1.42. The Kier molecular flexibility index (Phi) is 4.85. The second kappa shape index (κ2) is 7.16. The molecule has 0 aliphatic carbocycles. The van der Waals surface area contributed by atoms with Gasteiger partial charge in [0.1, 0.15) is 4.83 Å². The fourth-order valence-electron chi connectivity index (χ4n) is 3.33. The molecule has 6 heteroatoms. The fourth-order valence-corrected chi connectivity index (χ4v) is 5.15. The van der Waals surface area contributed by atoms with Crippen LogP contribution in [0.2, 0.25) is 0 Å². The van der Waals surface area contributed by atoms with Crippen LogP contribution >= 0.6 is 23.1 Å². The van der Waals surface area contributed by atoms with Crippen molar-refractivity contribution < 1.29 is 4.74 Å². The van der Waals surface area contributed by atoms with Gasteiger partial charge in [0.15, 0.2) is 5.16 Å². The molecule has 1 aliphatic rings. The minimum atomic E-state index is -0.269. The molecule has 4 nitrogen and oxygen atoms in total. The standard InChI is InChI=1S/C21H20N2O2S2/c1-4-10-26-20-22-18-17(15-11-21(2,3)25-13-16(15)27-18)19(24)23(20)12-14-8-6-5-7-9-14/h1,5-9H,10-13H2,2-3H3. The predicted octanol–water partition coefficient (Wildman–Crippen LogP) is 4.08. The molecule has 0 atom stereocenters. The molecule has 1 aliphatic heterocycles. The number of rotatable bonds is 4. The molecule has 0 radical (unpaired) electrons. The minimum absolute atomic E-state index is 0.0126. The Balaban J connectivity index is 1.90. The van der Waals surface area contributed by atoms with E-state index >= 15 is 0 Å². The van der Waals surface area contributed by atoms with Crippen molar-refractivity contribution in [3.05, 3.63) is 56.7 Å². The number of fused-ring (bicyclic) bond motifs is 3. The Morgan fingerprint density at radius 1 is 1.37 bits per heavy atom. The molecule has 3 aromatic rings. The van der Waals surface area contributed by atoms with Gasteiger partial charge in [0, 0.05) is 11.3 Å². The second-order valence-electron chi connectivity index (χ2n) is 7.17. The van der Waals surface area contributed by atoms with Crippen LogP contribution in [0.3, 0.4) is 0 Å². The number of hydrogen-bond acceptors (Lipinski definition) is 5. The van der Waals surface area contributed by atoms with Crippen molar-refractivity contribution in [2.75, 3.05) is 5.75 Å². The third-order valence-electron chi connectivity index (χ3n) is 4.62. The highest BCUT2D eigenvalue weighted by atomic mass is 32.2. The van der Waals surface area contributed by atoms with E-state index in [1.54, 1.807) is 15.9 Å². The van der Waals surface area contributed by atoms with E-state index in [0.29, 0.717) is 24.1 Å². The molecular formula is C21H20N2O2S2. The SMILES string of the molecule is C#CCSc1nc2sc3c(c2c(=O)n1Cc1ccccc1)CC(C)(C)OC3. The molecule has 1 aromatic carbocycles. The fraction of sp³-hybridized carbons (Fsp3) is 0.333. The van der Waals surface area contributed by atoms with Gasteiger partial charge in [0.05, 0.1) is 29.9 Å². The third-order valence-corrected chi connectivity index (χ3v) is 6.60. The molecular weight excluding hydrogens is 376 g/mol. The molecule has 0 fully saturated rings. The zero-order valence-electron chi connectivity index (χ0n) is 15.3. The van der Waals surface area contributed by atoms with Crippen LogP contribution in [0.5, 0.6) is 0 Å². The van der Waals surface area contributed by atoms with Crippen molar-refractivity contribution in [1.29, 1.82) is 0 Å². The molecule has 0 bridgehead atoms. The van der Waals surface area contributed by atoms with Gasteiger partial charge < -0.3 is 4.74 Å². The lowest BCUT2D eigenvalue weighted by atomic mass is 9.94. The Morgan fingerprint density at radius 2 is 2.15 bits per heavy atom. The summed E-state index contributed by atoms with van der Waals surface area (Å²) < 4.78 is 7.68. The van der Waals surface area contributed by atoms with E-state index in [4.69, 9.17) is 16.1 Å². The topological polar surface area (TPSA) is 44.1 Å². The maximum absolute atomic E-state index is 13.5. The first-order valence-electron chi connectivity index (χ1n) is 8.78. The van der Waals surface area contributed by atoms with Crippen LogP contribution in [0.4, 0.5) is 0 Å². The summed E-state index contributed by atoms with van der Waals surface area (Å²) >= 11 is 3.00. The second-order valence-corrected chi connectivity index (χ2v) is 9.20. The lowest BCUT2D eigenvalue weighted by Crippen LogP contribution is -2.32. The maximum atomic E-state index is 13.5. The normalized spacial score (nSPS) is 15.4. The van der Waals surface area contributed by atoms with Gasteiger partial charge >= 0.3 is 0 Å². The average molecular weight is 397 g/mol. The number of hydrogen-bond donors (Lipinski definition) is 0. The number of aromatic nitrogens is 2. The summed E-state index contributed by atoms with van der Waals surface area (Å²) in [7, 11) is 0. The Labute approximate surface area is 166 Å². The van der Waals surface area contributed by atoms with Gasteiger partial charge in [-0.25, -0.2) is 4.98 Å². The summed E-state index contributed by atoms with van der Waals surface area (Å²) in [4.78, 5) is 20.2. The highest BCUT2D eigenvalue weighted by molar-refractivity contribution is 7.99. The van der Waals surface area contributed by atoms with E-state index in [2.05, 4.69) is 19.8 Å². The Bertz CT molecular complexity index is 1090. The Hall–Kier alpha value is -2.07. The Morgan fingerprint density at radius 3 is 2.89 bits per heavy atom. The van der Waals surface area contributed by atoms with E-state index in [0.717, 1.165) is 32.6 Å².